The van der Waals surface area contributed by atoms with Crippen LogP contribution in [0.1, 0.15) is 17.0 Å². The molecule has 11 rings (SSSR count). The van der Waals surface area contributed by atoms with Crippen LogP contribution in [0.3, 0.4) is 0 Å². The van der Waals surface area contributed by atoms with E-state index in [0.717, 1.165) is 12.2 Å². The van der Waals surface area contributed by atoms with E-state index in [9.17, 15) is 0 Å². The van der Waals surface area contributed by atoms with Crippen molar-refractivity contribution in [2.75, 3.05) is 11.4 Å². The fourth-order valence-electron chi connectivity index (χ4n) is 9.16. The topological polar surface area (TPSA) is 8.17 Å². The molecular formula is C52H36N2. The fraction of sp³-hybridized carbons (Fsp3) is 0.0385. The number of aromatic nitrogens is 1. The molecule has 1 atom stereocenters. The molecule has 10 aromatic rings. The van der Waals surface area contributed by atoms with E-state index in [2.05, 4.69) is 210 Å². The normalized spacial score (nSPS) is 14.0. The van der Waals surface area contributed by atoms with Crippen molar-refractivity contribution in [3.05, 3.63) is 211 Å². The Balaban J connectivity index is 1.06. The van der Waals surface area contributed by atoms with Crippen LogP contribution in [0, 0.1) is 0 Å². The molecule has 0 fully saturated rings. The van der Waals surface area contributed by atoms with Gasteiger partial charge in [0.05, 0.1) is 11.0 Å². The summed E-state index contributed by atoms with van der Waals surface area (Å²) in [6.45, 7) is 0.911. The highest BCUT2D eigenvalue weighted by Crippen LogP contribution is 2.46. The van der Waals surface area contributed by atoms with Gasteiger partial charge in [-0.3, -0.25) is 0 Å². The van der Waals surface area contributed by atoms with Crippen molar-refractivity contribution in [3.63, 3.8) is 0 Å². The predicted molar refractivity (Wildman–Crippen MR) is 228 cm³/mol. The Hall–Kier alpha value is -6.90. The molecule has 54 heavy (non-hydrogen) atoms. The SMILES string of the molecule is c1ccc(-c2c3ccccc3c(-c3ccc(-n4c5ccccc5c5ccc(N6CC(c7ccccc7)c7ccccc76)cc54)cc3)c3ccccc23)cc1. The molecule has 0 N–H and O–H groups in total. The average Bonchev–Trinajstić information content (AvgIpc) is 3.80. The third-order valence-electron chi connectivity index (χ3n) is 11.5. The molecule has 0 saturated heterocycles. The zero-order valence-corrected chi connectivity index (χ0v) is 29.7. The van der Waals surface area contributed by atoms with Crippen molar-refractivity contribution in [1.82, 2.24) is 4.57 Å². The summed E-state index contributed by atoms with van der Waals surface area (Å²) >= 11 is 0. The number of hydrogen-bond donors (Lipinski definition) is 0. The molecule has 0 aliphatic carbocycles. The Kier molecular flexibility index (Phi) is 7.03. The zero-order chi connectivity index (χ0) is 35.6. The molecule has 0 bridgehead atoms. The van der Waals surface area contributed by atoms with Crippen molar-refractivity contribution in [1.29, 1.82) is 0 Å². The summed E-state index contributed by atoms with van der Waals surface area (Å²) in [6.07, 6.45) is 0. The van der Waals surface area contributed by atoms with Gasteiger partial charge in [0.2, 0.25) is 0 Å². The number of rotatable bonds is 5. The lowest BCUT2D eigenvalue weighted by molar-refractivity contribution is 0.859. The van der Waals surface area contributed by atoms with E-state index in [1.807, 2.05) is 0 Å². The molecular weight excluding hydrogens is 653 g/mol. The van der Waals surface area contributed by atoms with Gasteiger partial charge in [0.15, 0.2) is 0 Å². The molecule has 0 spiro atoms. The lowest BCUT2D eigenvalue weighted by Gasteiger charge is -2.21. The standard InChI is InChI=1S/C52H36N2/c1-3-15-35(16-4-1)47-34-53(48-25-13-11-20-41(47)48)39-31-32-42-40-19-12-14-26-49(40)54(50(42)33-39)38-29-27-37(28-30-38)52-45-23-9-7-21-43(45)51(36-17-5-2-6-18-36)44-22-8-10-24-46(44)52/h1-33,47H,34H2. The molecule has 1 aliphatic heterocycles. The second-order valence-corrected chi connectivity index (χ2v) is 14.4. The van der Waals surface area contributed by atoms with Crippen LogP contribution in [0.15, 0.2) is 200 Å². The van der Waals surface area contributed by atoms with Crippen LogP contribution in [0.25, 0.3) is 71.3 Å². The Morgan fingerprint density at radius 1 is 0.370 bits per heavy atom. The van der Waals surface area contributed by atoms with Gasteiger partial charge in [0, 0.05) is 40.3 Å². The maximum atomic E-state index is 2.51. The van der Waals surface area contributed by atoms with Crippen LogP contribution in [-0.2, 0) is 0 Å². The number of para-hydroxylation sites is 2. The molecule has 1 unspecified atom stereocenters. The number of anilines is 2. The molecule has 1 aromatic heterocycles. The van der Waals surface area contributed by atoms with E-state index in [4.69, 9.17) is 0 Å². The fourth-order valence-corrected chi connectivity index (χ4v) is 9.16. The molecule has 0 amide bonds. The average molecular weight is 689 g/mol. The van der Waals surface area contributed by atoms with Crippen LogP contribution < -0.4 is 4.90 Å². The second-order valence-electron chi connectivity index (χ2n) is 14.4. The van der Waals surface area contributed by atoms with Gasteiger partial charge in [0.25, 0.3) is 0 Å². The van der Waals surface area contributed by atoms with Gasteiger partial charge in [-0.25, -0.2) is 0 Å². The second kappa shape index (κ2) is 12.4. The number of benzene rings is 9. The molecule has 9 aromatic carbocycles. The van der Waals surface area contributed by atoms with Crippen LogP contribution in [-0.4, -0.2) is 11.1 Å². The lowest BCUT2D eigenvalue weighted by atomic mass is 9.86. The summed E-state index contributed by atoms with van der Waals surface area (Å²) in [5, 5.41) is 7.61. The highest BCUT2D eigenvalue weighted by atomic mass is 15.2. The summed E-state index contributed by atoms with van der Waals surface area (Å²) in [6, 6.07) is 73.5. The van der Waals surface area contributed by atoms with E-state index in [1.165, 1.54) is 88.1 Å². The lowest BCUT2D eigenvalue weighted by Crippen LogP contribution is -2.16. The summed E-state index contributed by atoms with van der Waals surface area (Å²) < 4.78 is 2.45. The van der Waals surface area contributed by atoms with Crippen molar-refractivity contribution in [3.8, 4) is 27.9 Å². The molecule has 2 heterocycles. The predicted octanol–water partition coefficient (Wildman–Crippen LogP) is 13.7. The number of hydrogen-bond acceptors (Lipinski definition) is 1. The third-order valence-corrected chi connectivity index (χ3v) is 11.5. The van der Waals surface area contributed by atoms with Crippen molar-refractivity contribution in [2.24, 2.45) is 0 Å². The largest absolute Gasteiger partial charge is 0.340 e. The van der Waals surface area contributed by atoms with Gasteiger partial charge in [-0.1, -0.05) is 164 Å². The minimum absolute atomic E-state index is 0.324. The van der Waals surface area contributed by atoms with E-state index >= 15 is 0 Å². The quantitative estimate of drug-likeness (QED) is 0.163. The van der Waals surface area contributed by atoms with Crippen molar-refractivity contribution < 1.29 is 0 Å². The van der Waals surface area contributed by atoms with Crippen LogP contribution in [0.4, 0.5) is 11.4 Å². The van der Waals surface area contributed by atoms with Gasteiger partial charge in [-0.15, -0.1) is 0 Å². The Labute approximate surface area is 314 Å². The molecule has 254 valence electrons. The highest BCUT2D eigenvalue weighted by molar-refractivity contribution is 6.21. The van der Waals surface area contributed by atoms with Crippen molar-refractivity contribution >= 4 is 54.7 Å². The van der Waals surface area contributed by atoms with Crippen molar-refractivity contribution in [2.45, 2.75) is 5.92 Å². The van der Waals surface area contributed by atoms with Crippen LogP contribution >= 0.6 is 0 Å². The first kappa shape index (κ1) is 30.7. The summed E-state index contributed by atoms with van der Waals surface area (Å²) in [5.41, 5.74) is 13.8. The summed E-state index contributed by atoms with van der Waals surface area (Å²) in [4.78, 5) is 2.51. The highest BCUT2D eigenvalue weighted by Gasteiger charge is 2.30. The first-order valence-electron chi connectivity index (χ1n) is 18.9. The first-order valence-corrected chi connectivity index (χ1v) is 18.9. The Morgan fingerprint density at radius 3 is 1.54 bits per heavy atom. The molecule has 0 saturated carbocycles. The maximum absolute atomic E-state index is 2.51. The first-order chi connectivity index (χ1) is 26.8. The molecule has 2 heteroatoms. The monoisotopic (exact) mass is 688 g/mol. The number of nitrogens with zero attached hydrogens (tertiary/aromatic N) is 2. The Bertz CT molecular complexity index is 2960. The van der Waals surface area contributed by atoms with E-state index in [-0.39, 0.29) is 0 Å². The summed E-state index contributed by atoms with van der Waals surface area (Å²) in [7, 11) is 0. The van der Waals surface area contributed by atoms with E-state index < -0.39 is 0 Å². The van der Waals surface area contributed by atoms with E-state index in [1.54, 1.807) is 0 Å². The van der Waals surface area contributed by atoms with Gasteiger partial charge in [-0.2, -0.15) is 0 Å². The van der Waals surface area contributed by atoms with Gasteiger partial charge in [0.1, 0.15) is 0 Å². The van der Waals surface area contributed by atoms with Crippen LogP contribution in [0.2, 0.25) is 0 Å². The molecule has 2 nitrogen and oxygen atoms in total. The maximum Gasteiger partial charge on any atom is 0.0561 e. The Morgan fingerprint density at radius 2 is 0.870 bits per heavy atom. The van der Waals surface area contributed by atoms with Crippen LogP contribution in [0.5, 0.6) is 0 Å². The zero-order valence-electron chi connectivity index (χ0n) is 29.7. The van der Waals surface area contributed by atoms with Gasteiger partial charge in [-0.05, 0) is 91.3 Å². The minimum Gasteiger partial charge on any atom is -0.340 e. The van der Waals surface area contributed by atoms with Gasteiger partial charge >= 0.3 is 0 Å². The molecule has 1 aliphatic rings. The van der Waals surface area contributed by atoms with E-state index in [0.29, 0.717) is 5.92 Å². The van der Waals surface area contributed by atoms with Gasteiger partial charge < -0.3 is 9.47 Å². The smallest absolute Gasteiger partial charge is 0.0561 e. The number of fused-ring (bicyclic) bond motifs is 6. The molecule has 0 radical (unpaired) electrons. The minimum atomic E-state index is 0.324. The summed E-state index contributed by atoms with van der Waals surface area (Å²) in [5.74, 6) is 0.324. The third kappa shape index (κ3) is 4.74.